The Balaban J connectivity index is 3.87. The highest BCUT2D eigenvalue weighted by atomic mass is 16.5. The maximum absolute atomic E-state index is 10.9. The summed E-state index contributed by atoms with van der Waals surface area (Å²) < 4.78 is 4.56. The van der Waals surface area contributed by atoms with Gasteiger partial charge in [-0.2, -0.15) is 0 Å². The molecular formula is C23H34O4. The first-order chi connectivity index (χ1) is 13.1. The number of carbonyl (C=O) groups is 1. The van der Waals surface area contributed by atoms with Crippen molar-refractivity contribution < 1.29 is 19.7 Å². The van der Waals surface area contributed by atoms with Gasteiger partial charge in [0.25, 0.3) is 0 Å². The zero-order valence-corrected chi connectivity index (χ0v) is 16.5. The van der Waals surface area contributed by atoms with Crippen molar-refractivity contribution >= 4 is 5.97 Å². The highest BCUT2D eigenvalue weighted by Crippen LogP contribution is 2.00. The molecule has 0 radical (unpaired) electrons. The number of methoxy groups -OCH3 is 1. The van der Waals surface area contributed by atoms with E-state index in [-0.39, 0.29) is 5.97 Å². The van der Waals surface area contributed by atoms with Crippen molar-refractivity contribution in [3.63, 3.8) is 0 Å². The lowest BCUT2D eigenvalue weighted by atomic mass is 10.2. The Hall–Kier alpha value is -2.17. The molecule has 150 valence electrons. The van der Waals surface area contributed by atoms with Gasteiger partial charge in [-0.1, -0.05) is 79.8 Å². The van der Waals surface area contributed by atoms with Crippen molar-refractivity contribution in [3.8, 4) is 0 Å². The van der Waals surface area contributed by atoms with Crippen molar-refractivity contribution in [2.24, 2.45) is 0 Å². The normalized spacial score (nSPS) is 15.3. The van der Waals surface area contributed by atoms with Gasteiger partial charge in [-0.3, -0.25) is 4.79 Å². The van der Waals surface area contributed by atoms with Gasteiger partial charge in [-0.15, -0.1) is 0 Å². The van der Waals surface area contributed by atoms with Crippen molar-refractivity contribution in [2.75, 3.05) is 7.11 Å². The molecule has 0 aliphatic heterocycles. The molecule has 0 aromatic heterocycles. The van der Waals surface area contributed by atoms with E-state index in [1.165, 1.54) is 7.11 Å². The standard InChI is InChI=1S/C23H34O4/c1-3-4-11-16-21(24)18-13-9-10-14-19-22(25)17-12-7-5-6-8-15-20-23(26)27-2/h4,6-14,18-19,21-22,24-25H,3,5,15-17,20H2,1-2H3/b8-6-,10-9-,11-4-,12-7-,18-13+,19-14+/t21-,22-/m0/s1. The second-order valence-corrected chi connectivity index (χ2v) is 5.93. The molecule has 0 aliphatic carbocycles. The summed E-state index contributed by atoms with van der Waals surface area (Å²) in [5.74, 6) is -0.199. The molecule has 4 heteroatoms. The molecule has 0 aromatic carbocycles. The highest BCUT2D eigenvalue weighted by Gasteiger charge is 1.95. The number of aliphatic hydroxyl groups excluding tert-OH is 2. The van der Waals surface area contributed by atoms with Gasteiger partial charge < -0.3 is 14.9 Å². The first-order valence-electron chi connectivity index (χ1n) is 9.49. The number of hydrogen-bond acceptors (Lipinski definition) is 4. The van der Waals surface area contributed by atoms with Crippen LogP contribution in [0.1, 0.15) is 45.4 Å². The highest BCUT2D eigenvalue weighted by molar-refractivity contribution is 5.69. The number of ether oxygens (including phenoxy) is 1. The molecule has 27 heavy (non-hydrogen) atoms. The lowest BCUT2D eigenvalue weighted by molar-refractivity contribution is -0.140. The van der Waals surface area contributed by atoms with E-state index >= 15 is 0 Å². The number of esters is 1. The average Bonchev–Trinajstić information content (AvgIpc) is 2.66. The average molecular weight is 375 g/mol. The van der Waals surface area contributed by atoms with Crippen LogP contribution in [0.25, 0.3) is 0 Å². The minimum atomic E-state index is -0.525. The fourth-order valence-electron chi connectivity index (χ4n) is 2.00. The van der Waals surface area contributed by atoms with Gasteiger partial charge in [-0.25, -0.2) is 0 Å². The number of hydrogen-bond donors (Lipinski definition) is 2. The van der Waals surface area contributed by atoms with E-state index in [0.717, 1.165) is 12.8 Å². The quantitative estimate of drug-likeness (QED) is 0.265. The zero-order valence-electron chi connectivity index (χ0n) is 16.5. The maximum Gasteiger partial charge on any atom is 0.305 e. The van der Waals surface area contributed by atoms with E-state index < -0.39 is 12.2 Å². The summed E-state index contributed by atoms with van der Waals surface area (Å²) in [6.07, 6.45) is 25.6. The van der Waals surface area contributed by atoms with Crippen LogP contribution in [0.3, 0.4) is 0 Å². The van der Waals surface area contributed by atoms with Crippen molar-refractivity contribution in [1.82, 2.24) is 0 Å². The summed E-state index contributed by atoms with van der Waals surface area (Å²) in [7, 11) is 1.39. The minimum Gasteiger partial charge on any atom is -0.469 e. The molecular weight excluding hydrogens is 340 g/mol. The third kappa shape index (κ3) is 18.4. The summed E-state index contributed by atoms with van der Waals surface area (Å²) in [6, 6.07) is 0. The molecule has 4 nitrogen and oxygen atoms in total. The van der Waals surface area contributed by atoms with Crippen molar-refractivity contribution in [3.05, 3.63) is 72.9 Å². The van der Waals surface area contributed by atoms with Gasteiger partial charge in [0.05, 0.1) is 19.3 Å². The van der Waals surface area contributed by atoms with Gasteiger partial charge >= 0.3 is 5.97 Å². The topological polar surface area (TPSA) is 66.8 Å². The fourth-order valence-corrected chi connectivity index (χ4v) is 2.00. The largest absolute Gasteiger partial charge is 0.469 e. The van der Waals surface area contributed by atoms with Crippen LogP contribution in [0.5, 0.6) is 0 Å². The van der Waals surface area contributed by atoms with Gasteiger partial charge in [0.2, 0.25) is 0 Å². The lowest BCUT2D eigenvalue weighted by Crippen LogP contribution is -1.99. The molecule has 0 amide bonds. The predicted octanol–water partition coefficient (Wildman–Crippen LogP) is 4.58. The Bertz CT molecular complexity index is 539. The SMILES string of the molecule is CC/C=C\C[C@H](O)/C=C/C=C\C=C\[C@@H](O)C/C=C\C/C=C\CCC(=O)OC. The van der Waals surface area contributed by atoms with E-state index in [0.29, 0.717) is 25.7 Å². The molecule has 2 N–H and O–H groups in total. The van der Waals surface area contributed by atoms with Gasteiger partial charge in [0.15, 0.2) is 0 Å². The van der Waals surface area contributed by atoms with Crippen LogP contribution < -0.4 is 0 Å². The summed E-state index contributed by atoms with van der Waals surface area (Å²) in [5, 5.41) is 19.5. The minimum absolute atomic E-state index is 0.199. The third-order valence-electron chi connectivity index (χ3n) is 3.51. The van der Waals surface area contributed by atoms with Gasteiger partial charge in [0, 0.05) is 6.42 Å². The van der Waals surface area contributed by atoms with Crippen LogP contribution in [0.4, 0.5) is 0 Å². The van der Waals surface area contributed by atoms with Crippen LogP contribution in [-0.2, 0) is 9.53 Å². The van der Waals surface area contributed by atoms with Crippen LogP contribution in [0, 0.1) is 0 Å². The number of carbonyl (C=O) groups excluding carboxylic acids is 1. The molecule has 0 saturated heterocycles. The van der Waals surface area contributed by atoms with E-state index in [1.807, 2.05) is 48.6 Å². The van der Waals surface area contributed by atoms with Crippen molar-refractivity contribution in [1.29, 1.82) is 0 Å². The number of allylic oxidation sites excluding steroid dienone is 8. The predicted molar refractivity (Wildman–Crippen MR) is 112 cm³/mol. The van der Waals surface area contributed by atoms with Crippen LogP contribution in [0.15, 0.2) is 72.9 Å². The second-order valence-electron chi connectivity index (χ2n) is 5.93. The van der Waals surface area contributed by atoms with Crippen LogP contribution >= 0.6 is 0 Å². The van der Waals surface area contributed by atoms with Crippen LogP contribution in [0.2, 0.25) is 0 Å². The molecule has 0 spiro atoms. The summed E-state index contributed by atoms with van der Waals surface area (Å²) in [5.41, 5.74) is 0. The first kappa shape index (κ1) is 24.8. The van der Waals surface area contributed by atoms with Gasteiger partial charge in [-0.05, 0) is 32.1 Å². The Labute approximate surface area is 163 Å². The van der Waals surface area contributed by atoms with Gasteiger partial charge in [0.1, 0.15) is 0 Å². The van der Waals surface area contributed by atoms with E-state index in [4.69, 9.17) is 0 Å². The Morgan fingerprint density at radius 3 is 1.96 bits per heavy atom. The van der Waals surface area contributed by atoms with E-state index in [1.54, 1.807) is 24.3 Å². The first-order valence-corrected chi connectivity index (χ1v) is 9.49. The number of aliphatic hydroxyl groups is 2. The molecule has 2 atom stereocenters. The van der Waals surface area contributed by atoms with Crippen molar-refractivity contribution in [2.45, 2.75) is 57.7 Å². The Morgan fingerprint density at radius 2 is 1.41 bits per heavy atom. The second kappa shape index (κ2) is 18.6. The smallest absolute Gasteiger partial charge is 0.305 e. The Morgan fingerprint density at radius 1 is 0.852 bits per heavy atom. The molecule has 0 aromatic rings. The third-order valence-corrected chi connectivity index (χ3v) is 3.51. The molecule has 0 aliphatic rings. The molecule has 0 unspecified atom stereocenters. The monoisotopic (exact) mass is 374 g/mol. The molecule has 0 saturated carbocycles. The Kier molecular flexibility index (Phi) is 17.1. The zero-order chi connectivity index (χ0) is 20.2. The fraction of sp³-hybridized carbons (Fsp3) is 0.435. The molecule has 0 rings (SSSR count). The van der Waals surface area contributed by atoms with E-state index in [9.17, 15) is 15.0 Å². The molecule has 0 fully saturated rings. The summed E-state index contributed by atoms with van der Waals surface area (Å²) >= 11 is 0. The summed E-state index contributed by atoms with van der Waals surface area (Å²) in [6.45, 7) is 2.06. The maximum atomic E-state index is 10.9. The number of rotatable bonds is 14. The molecule has 0 bridgehead atoms. The van der Waals surface area contributed by atoms with Crippen LogP contribution in [-0.4, -0.2) is 35.5 Å². The lowest BCUT2D eigenvalue weighted by Gasteiger charge is -1.99. The summed E-state index contributed by atoms with van der Waals surface area (Å²) in [4.78, 5) is 10.9. The van der Waals surface area contributed by atoms with E-state index in [2.05, 4.69) is 11.7 Å². The molecule has 0 heterocycles.